The summed E-state index contributed by atoms with van der Waals surface area (Å²) in [6, 6.07) is 14.6. The third kappa shape index (κ3) is 4.42. The van der Waals surface area contributed by atoms with Crippen molar-refractivity contribution < 1.29 is 13.2 Å². The van der Waals surface area contributed by atoms with Crippen LogP contribution in [0.5, 0.6) is 0 Å². The maximum atomic E-state index is 12.7. The predicted octanol–water partition coefficient (Wildman–Crippen LogP) is 5.18. The minimum absolute atomic E-state index is 0.0676. The highest BCUT2D eigenvalue weighted by atomic mass is 32.2. The Morgan fingerprint density at radius 3 is 2.06 bits per heavy atom. The molecule has 0 aliphatic heterocycles. The summed E-state index contributed by atoms with van der Waals surface area (Å²) in [5, 5.41) is 6.79. The van der Waals surface area contributed by atoms with Crippen LogP contribution in [0, 0.1) is 24.7 Å². The van der Waals surface area contributed by atoms with Crippen LogP contribution in [0.1, 0.15) is 50.5 Å². The summed E-state index contributed by atoms with van der Waals surface area (Å²) in [7, 11) is -3.49. The van der Waals surface area contributed by atoms with Gasteiger partial charge in [-0.15, -0.1) is 0 Å². The van der Waals surface area contributed by atoms with Gasteiger partial charge in [-0.3, -0.25) is 4.79 Å². The summed E-state index contributed by atoms with van der Waals surface area (Å²) in [6.45, 7) is 1.92. The average Bonchev–Trinajstić information content (AvgIpc) is 2.73. The number of amides is 1. The van der Waals surface area contributed by atoms with Gasteiger partial charge in [-0.25, -0.2) is 8.42 Å². The molecule has 5 nitrogen and oxygen atoms in total. The fraction of sp³-hybridized carbons (Fsp3) is 0.500. The maximum Gasteiger partial charge on any atom is 0.225 e. The number of sulfone groups is 1. The molecular weight excluding hydrogens is 420 g/mol. The first-order chi connectivity index (χ1) is 15.3. The van der Waals surface area contributed by atoms with Gasteiger partial charge in [-0.2, -0.15) is 0 Å². The van der Waals surface area contributed by atoms with Crippen molar-refractivity contribution in [3.05, 3.63) is 54.1 Å². The molecule has 170 valence electrons. The van der Waals surface area contributed by atoms with Crippen molar-refractivity contribution in [1.82, 2.24) is 0 Å². The maximum absolute atomic E-state index is 12.7. The van der Waals surface area contributed by atoms with E-state index in [2.05, 4.69) is 10.6 Å². The molecule has 1 amide bonds. The van der Waals surface area contributed by atoms with E-state index < -0.39 is 9.84 Å². The monoisotopic (exact) mass is 452 g/mol. The van der Waals surface area contributed by atoms with Crippen LogP contribution in [0.3, 0.4) is 0 Å². The summed E-state index contributed by atoms with van der Waals surface area (Å²) < 4.78 is 25.2. The lowest BCUT2D eigenvalue weighted by atomic mass is 9.53. The highest BCUT2D eigenvalue weighted by molar-refractivity contribution is 7.91. The summed E-state index contributed by atoms with van der Waals surface area (Å²) in [6.07, 6.45) is 7.74. The van der Waals surface area contributed by atoms with Crippen LogP contribution < -0.4 is 10.6 Å². The molecule has 32 heavy (non-hydrogen) atoms. The number of carbonyl (C=O) groups is 1. The molecule has 0 saturated heterocycles. The van der Waals surface area contributed by atoms with Gasteiger partial charge in [0.05, 0.1) is 22.0 Å². The largest absolute Gasteiger partial charge is 0.378 e. The molecule has 2 aromatic rings. The van der Waals surface area contributed by atoms with Gasteiger partial charge in [0.15, 0.2) is 9.84 Å². The lowest BCUT2D eigenvalue weighted by Gasteiger charge is -2.57. The van der Waals surface area contributed by atoms with Gasteiger partial charge in [-0.1, -0.05) is 29.8 Å². The first-order valence-corrected chi connectivity index (χ1v) is 13.4. The van der Waals surface area contributed by atoms with E-state index in [0.717, 1.165) is 34.7 Å². The van der Waals surface area contributed by atoms with Crippen LogP contribution in [0.2, 0.25) is 0 Å². The fourth-order valence-electron chi connectivity index (χ4n) is 6.55. The van der Waals surface area contributed by atoms with Gasteiger partial charge in [0, 0.05) is 12.0 Å². The Balaban J connectivity index is 1.24. The second-order valence-electron chi connectivity index (χ2n) is 10.3. The van der Waals surface area contributed by atoms with E-state index in [-0.39, 0.29) is 28.5 Å². The fourth-order valence-corrected chi connectivity index (χ4v) is 7.79. The molecule has 0 aromatic heterocycles. The number of hydrogen-bond acceptors (Lipinski definition) is 4. The molecule has 0 radical (unpaired) electrons. The van der Waals surface area contributed by atoms with Crippen LogP contribution in [-0.2, 0) is 14.6 Å². The quantitative estimate of drug-likeness (QED) is 0.607. The number of rotatable bonds is 7. The summed E-state index contributed by atoms with van der Waals surface area (Å²) in [4.78, 5) is 12.9. The Morgan fingerprint density at radius 2 is 1.47 bits per heavy atom. The van der Waals surface area contributed by atoms with Gasteiger partial charge in [0.25, 0.3) is 0 Å². The van der Waals surface area contributed by atoms with E-state index in [4.69, 9.17) is 0 Å². The molecule has 2 N–H and O–H groups in total. The van der Waals surface area contributed by atoms with E-state index in [1.54, 1.807) is 24.3 Å². The number of hydrogen-bond donors (Lipinski definition) is 2. The van der Waals surface area contributed by atoms with Gasteiger partial charge < -0.3 is 10.6 Å². The molecule has 0 spiro atoms. The Labute approximate surface area is 190 Å². The topological polar surface area (TPSA) is 75.3 Å². The van der Waals surface area contributed by atoms with Gasteiger partial charge in [0.2, 0.25) is 5.91 Å². The first-order valence-electron chi connectivity index (χ1n) is 11.8. The third-order valence-electron chi connectivity index (χ3n) is 7.62. The Hall–Kier alpha value is -2.34. The molecule has 4 bridgehead atoms. The standard InChI is InChI=1S/C26H32N2O3S/c1-18-6-8-22(9-7-18)32(30,31)11-10-25(29)27-23-4-2-3-5-24(23)28-26-15-19-12-20(16-26)14-21(13-19)17-26/h2-9,19-21,28H,10-17H2,1H3,(H,27,29). The van der Waals surface area contributed by atoms with E-state index >= 15 is 0 Å². The summed E-state index contributed by atoms with van der Waals surface area (Å²) >= 11 is 0. The van der Waals surface area contributed by atoms with Crippen molar-refractivity contribution in [2.24, 2.45) is 17.8 Å². The second-order valence-corrected chi connectivity index (χ2v) is 12.4. The van der Waals surface area contributed by atoms with Gasteiger partial charge in [-0.05, 0) is 87.5 Å². The summed E-state index contributed by atoms with van der Waals surface area (Å²) in [5.74, 6) is 2.03. The number of carbonyl (C=O) groups excluding carboxylic acids is 1. The lowest BCUT2D eigenvalue weighted by Crippen LogP contribution is -2.54. The van der Waals surface area contributed by atoms with Crippen LogP contribution in [0.15, 0.2) is 53.4 Å². The molecule has 2 aromatic carbocycles. The van der Waals surface area contributed by atoms with Gasteiger partial charge in [0.1, 0.15) is 0 Å². The molecule has 4 fully saturated rings. The van der Waals surface area contributed by atoms with Crippen molar-refractivity contribution in [1.29, 1.82) is 0 Å². The van der Waals surface area contributed by atoms with Crippen molar-refractivity contribution in [2.45, 2.75) is 62.3 Å². The van der Waals surface area contributed by atoms with E-state index in [0.29, 0.717) is 0 Å². The minimum Gasteiger partial charge on any atom is -0.378 e. The van der Waals surface area contributed by atoms with E-state index in [1.807, 2.05) is 31.2 Å². The molecule has 6 rings (SSSR count). The van der Waals surface area contributed by atoms with Crippen LogP contribution in [-0.4, -0.2) is 25.6 Å². The molecule has 4 aliphatic rings. The van der Waals surface area contributed by atoms with E-state index in [1.165, 1.54) is 38.5 Å². The zero-order valence-electron chi connectivity index (χ0n) is 18.6. The van der Waals surface area contributed by atoms with Crippen molar-refractivity contribution in [3.63, 3.8) is 0 Å². The molecular formula is C26H32N2O3S. The van der Waals surface area contributed by atoms with E-state index in [9.17, 15) is 13.2 Å². The highest BCUT2D eigenvalue weighted by Gasteiger charge is 2.51. The number of aryl methyl sites for hydroxylation is 1. The van der Waals surface area contributed by atoms with Crippen LogP contribution in [0.25, 0.3) is 0 Å². The summed E-state index contributed by atoms with van der Waals surface area (Å²) in [5.41, 5.74) is 2.83. The number of benzene rings is 2. The predicted molar refractivity (Wildman–Crippen MR) is 127 cm³/mol. The number of anilines is 2. The average molecular weight is 453 g/mol. The van der Waals surface area contributed by atoms with Crippen LogP contribution in [0.4, 0.5) is 11.4 Å². The molecule has 0 heterocycles. The molecule has 0 atom stereocenters. The van der Waals surface area contributed by atoms with Crippen molar-refractivity contribution >= 4 is 27.1 Å². The molecule has 6 heteroatoms. The zero-order chi connectivity index (χ0) is 22.3. The van der Waals surface area contributed by atoms with Gasteiger partial charge >= 0.3 is 0 Å². The lowest BCUT2D eigenvalue weighted by molar-refractivity contribution is -0.115. The molecule has 4 saturated carbocycles. The minimum atomic E-state index is -3.49. The second kappa shape index (κ2) is 8.22. The Morgan fingerprint density at radius 1 is 0.906 bits per heavy atom. The molecule has 4 aliphatic carbocycles. The normalized spacial score (nSPS) is 28.5. The van der Waals surface area contributed by atoms with Crippen molar-refractivity contribution in [3.8, 4) is 0 Å². The third-order valence-corrected chi connectivity index (χ3v) is 9.35. The number of para-hydroxylation sites is 2. The molecule has 0 unspecified atom stereocenters. The number of nitrogens with one attached hydrogen (secondary N) is 2. The SMILES string of the molecule is Cc1ccc(S(=O)(=O)CCC(=O)Nc2ccccc2NC23CC4CC(CC(C4)C2)C3)cc1. The zero-order valence-corrected chi connectivity index (χ0v) is 19.5. The highest BCUT2D eigenvalue weighted by Crippen LogP contribution is 2.56. The van der Waals surface area contributed by atoms with Crippen molar-refractivity contribution in [2.75, 3.05) is 16.4 Å². The first kappa shape index (κ1) is 21.5. The smallest absolute Gasteiger partial charge is 0.225 e. The Kier molecular flexibility index (Phi) is 5.52. The Bertz CT molecular complexity index is 1070. The van der Waals surface area contributed by atoms with Crippen LogP contribution >= 0.6 is 0 Å².